The summed E-state index contributed by atoms with van der Waals surface area (Å²) >= 11 is 5.98. The smallest absolute Gasteiger partial charge is 0.185 e. The molecular formula is C24H17ClFNO. The molecule has 4 heteroatoms. The number of nitrogens with zero attached hydrogens (tertiary/aromatic N) is 1. The summed E-state index contributed by atoms with van der Waals surface area (Å²) in [5, 5.41) is 1.78. The van der Waals surface area contributed by atoms with Crippen LogP contribution in [-0.4, -0.2) is 10.4 Å². The lowest BCUT2D eigenvalue weighted by Crippen LogP contribution is -1.97. The monoisotopic (exact) mass is 389 g/mol. The Balaban J connectivity index is 1.64. The number of ketones is 1. The Labute approximate surface area is 167 Å². The molecule has 0 fully saturated rings. The highest BCUT2D eigenvalue weighted by atomic mass is 35.5. The van der Waals surface area contributed by atoms with Gasteiger partial charge in [-0.2, -0.15) is 0 Å². The molecule has 3 aromatic carbocycles. The Hall–Kier alpha value is -3.17. The first-order valence-electron chi connectivity index (χ1n) is 8.90. The normalized spacial score (nSPS) is 11.4. The van der Waals surface area contributed by atoms with E-state index in [2.05, 4.69) is 10.6 Å². The predicted octanol–water partition coefficient (Wildman–Crippen LogP) is 6.38. The van der Waals surface area contributed by atoms with Crippen molar-refractivity contribution >= 4 is 34.4 Å². The molecule has 0 amide bonds. The van der Waals surface area contributed by atoms with Crippen molar-refractivity contribution in [3.8, 4) is 0 Å². The average Bonchev–Trinajstić information content (AvgIpc) is 3.06. The number of benzene rings is 3. The van der Waals surface area contributed by atoms with Crippen LogP contribution in [0.15, 0.2) is 85.1 Å². The molecular weight excluding hydrogens is 373 g/mol. The Morgan fingerprint density at radius 2 is 1.68 bits per heavy atom. The summed E-state index contributed by atoms with van der Waals surface area (Å²) in [6.45, 7) is 0.706. The maximum atomic E-state index is 13.0. The molecule has 0 saturated heterocycles. The van der Waals surface area contributed by atoms with E-state index in [1.165, 1.54) is 30.3 Å². The lowest BCUT2D eigenvalue weighted by atomic mass is 10.1. The SMILES string of the molecule is O=C(/C=C/c1cn(Cc2ccc(Cl)cc2)c2ccccc12)c1ccc(F)cc1. The molecule has 138 valence electrons. The molecule has 0 aliphatic heterocycles. The van der Waals surface area contributed by atoms with E-state index < -0.39 is 0 Å². The van der Waals surface area contributed by atoms with Crippen molar-refractivity contribution in [1.82, 2.24) is 4.57 Å². The standard InChI is InChI=1S/C24H17ClFNO/c25-20-10-5-17(6-11-20)15-27-16-19(22-3-1-2-4-23(22)27)9-14-24(28)18-7-12-21(26)13-8-18/h1-14,16H,15H2/b14-9+. The number of para-hydroxylation sites is 1. The van der Waals surface area contributed by atoms with Crippen LogP contribution in [-0.2, 0) is 6.54 Å². The van der Waals surface area contributed by atoms with Crippen molar-refractivity contribution in [3.63, 3.8) is 0 Å². The van der Waals surface area contributed by atoms with Crippen LogP contribution in [0.1, 0.15) is 21.5 Å². The van der Waals surface area contributed by atoms with Crippen molar-refractivity contribution in [3.05, 3.63) is 113 Å². The van der Waals surface area contributed by atoms with Crippen LogP contribution in [0.4, 0.5) is 4.39 Å². The number of aromatic nitrogens is 1. The molecule has 1 heterocycles. The van der Waals surface area contributed by atoms with Gasteiger partial charge in [-0.3, -0.25) is 4.79 Å². The molecule has 0 aliphatic carbocycles. The van der Waals surface area contributed by atoms with Gasteiger partial charge in [0.2, 0.25) is 0 Å². The number of halogens is 2. The number of carbonyl (C=O) groups excluding carboxylic acids is 1. The van der Waals surface area contributed by atoms with E-state index in [0.29, 0.717) is 17.1 Å². The molecule has 0 atom stereocenters. The van der Waals surface area contributed by atoms with Gasteiger partial charge >= 0.3 is 0 Å². The van der Waals surface area contributed by atoms with E-state index in [1.54, 1.807) is 0 Å². The van der Waals surface area contributed by atoms with Crippen LogP contribution in [0, 0.1) is 5.82 Å². The summed E-state index contributed by atoms with van der Waals surface area (Å²) in [5.74, 6) is -0.514. The quantitative estimate of drug-likeness (QED) is 0.287. The molecule has 0 bridgehead atoms. The fraction of sp³-hybridized carbons (Fsp3) is 0.0417. The second-order valence-corrected chi connectivity index (χ2v) is 7.00. The minimum Gasteiger partial charge on any atom is -0.342 e. The molecule has 0 N–H and O–H groups in total. The molecule has 1 aromatic heterocycles. The Bertz CT molecular complexity index is 1160. The van der Waals surface area contributed by atoms with Gasteiger partial charge in [-0.25, -0.2) is 4.39 Å². The summed E-state index contributed by atoms with van der Waals surface area (Å²) in [5.41, 5.74) is 3.65. The third-order valence-electron chi connectivity index (χ3n) is 4.63. The zero-order valence-corrected chi connectivity index (χ0v) is 15.7. The van der Waals surface area contributed by atoms with Gasteiger partial charge in [0.15, 0.2) is 5.78 Å². The molecule has 4 rings (SSSR count). The van der Waals surface area contributed by atoms with Crippen molar-refractivity contribution in [2.24, 2.45) is 0 Å². The van der Waals surface area contributed by atoms with Crippen LogP contribution in [0.2, 0.25) is 5.02 Å². The predicted molar refractivity (Wildman–Crippen MR) is 112 cm³/mol. The van der Waals surface area contributed by atoms with Gasteiger partial charge in [-0.1, -0.05) is 41.9 Å². The summed E-state index contributed by atoms with van der Waals surface area (Å²) in [6, 6.07) is 21.4. The summed E-state index contributed by atoms with van der Waals surface area (Å²) in [4.78, 5) is 12.4. The lowest BCUT2D eigenvalue weighted by molar-refractivity contribution is 0.104. The van der Waals surface area contributed by atoms with E-state index >= 15 is 0 Å². The average molecular weight is 390 g/mol. The Morgan fingerprint density at radius 3 is 2.43 bits per heavy atom. The van der Waals surface area contributed by atoms with Crippen molar-refractivity contribution < 1.29 is 9.18 Å². The van der Waals surface area contributed by atoms with E-state index in [9.17, 15) is 9.18 Å². The van der Waals surface area contributed by atoms with Crippen LogP contribution < -0.4 is 0 Å². The van der Waals surface area contributed by atoms with Crippen LogP contribution >= 0.6 is 11.6 Å². The highest BCUT2D eigenvalue weighted by Crippen LogP contribution is 2.24. The van der Waals surface area contributed by atoms with Crippen LogP contribution in [0.25, 0.3) is 17.0 Å². The fourth-order valence-corrected chi connectivity index (χ4v) is 3.33. The zero-order chi connectivity index (χ0) is 19.5. The molecule has 0 spiro atoms. The number of fused-ring (bicyclic) bond motifs is 1. The minimum absolute atomic E-state index is 0.158. The minimum atomic E-state index is -0.356. The second-order valence-electron chi connectivity index (χ2n) is 6.56. The van der Waals surface area contributed by atoms with E-state index in [4.69, 9.17) is 11.6 Å². The number of allylic oxidation sites excluding steroid dienone is 1. The largest absolute Gasteiger partial charge is 0.342 e. The highest BCUT2D eigenvalue weighted by molar-refractivity contribution is 6.30. The molecule has 28 heavy (non-hydrogen) atoms. The summed E-state index contributed by atoms with van der Waals surface area (Å²) in [7, 11) is 0. The van der Waals surface area contributed by atoms with Gasteiger partial charge in [0.1, 0.15) is 5.82 Å². The van der Waals surface area contributed by atoms with E-state index in [-0.39, 0.29) is 11.6 Å². The number of carbonyl (C=O) groups is 1. The maximum Gasteiger partial charge on any atom is 0.185 e. The van der Waals surface area contributed by atoms with Crippen molar-refractivity contribution in [2.75, 3.05) is 0 Å². The summed E-state index contributed by atoms with van der Waals surface area (Å²) < 4.78 is 15.2. The van der Waals surface area contributed by atoms with Gasteiger partial charge in [0.25, 0.3) is 0 Å². The molecule has 4 aromatic rings. The number of hydrogen-bond acceptors (Lipinski definition) is 1. The van der Waals surface area contributed by atoms with Crippen molar-refractivity contribution in [1.29, 1.82) is 0 Å². The van der Waals surface area contributed by atoms with Crippen LogP contribution in [0.3, 0.4) is 0 Å². The van der Waals surface area contributed by atoms with Gasteiger partial charge in [-0.05, 0) is 60.2 Å². The highest BCUT2D eigenvalue weighted by Gasteiger charge is 2.08. The van der Waals surface area contributed by atoms with Crippen molar-refractivity contribution in [2.45, 2.75) is 6.54 Å². The molecule has 0 radical (unpaired) electrons. The maximum absolute atomic E-state index is 13.0. The molecule has 0 saturated carbocycles. The first kappa shape index (κ1) is 18.2. The Morgan fingerprint density at radius 1 is 0.964 bits per heavy atom. The molecule has 2 nitrogen and oxygen atoms in total. The van der Waals surface area contributed by atoms with Crippen LogP contribution in [0.5, 0.6) is 0 Å². The first-order chi connectivity index (χ1) is 13.6. The fourth-order valence-electron chi connectivity index (χ4n) is 3.20. The Kier molecular flexibility index (Phi) is 5.09. The molecule has 0 aliphatic rings. The van der Waals surface area contributed by atoms with Gasteiger partial charge in [0, 0.05) is 39.8 Å². The third-order valence-corrected chi connectivity index (χ3v) is 4.88. The van der Waals surface area contributed by atoms with E-state index in [0.717, 1.165) is 22.0 Å². The zero-order valence-electron chi connectivity index (χ0n) is 15.0. The number of hydrogen-bond donors (Lipinski definition) is 0. The number of rotatable bonds is 5. The molecule has 0 unspecified atom stereocenters. The first-order valence-corrected chi connectivity index (χ1v) is 9.28. The lowest BCUT2D eigenvalue weighted by Gasteiger charge is -2.05. The van der Waals surface area contributed by atoms with E-state index in [1.807, 2.05) is 54.7 Å². The van der Waals surface area contributed by atoms with Gasteiger partial charge < -0.3 is 4.57 Å². The topological polar surface area (TPSA) is 22.0 Å². The van der Waals surface area contributed by atoms with Gasteiger partial charge in [-0.15, -0.1) is 0 Å². The second kappa shape index (κ2) is 7.83. The summed E-state index contributed by atoms with van der Waals surface area (Å²) in [6.07, 6.45) is 5.38. The van der Waals surface area contributed by atoms with Gasteiger partial charge in [0.05, 0.1) is 0 Å². The third kappa shape index (κ3) is 3.90.